The normalized spacial score (nSPS) is 16.6. The molecule has 0 N–H and O–H groups in total. The number of hydrogen-bond acceptors (Lipinski definition) is 3. The van der Waals surface area contributed by atoms with Crippen LogP contribution in [0.4, 0.5) is 0 Å². The fourth-order valence-corrected chi connectivity index (χ4v) is 5.23. The molecule has 0 heterocycles. The van der Waals surface area contributed by atoms with Crippen LogP contribution >= 0.6 is 0 Å². The summed E-state index contributed by atoms with van der Waals surface area (Å²) in [5.41, 5.74) is 0.218. The first-order valence-electron chi connectivity index (χ1n) is 6.51. The van der Waals surface area contributed by atoms with Crippen LogP contribution in [0.1, 0.15) is 20.8 Å². The average Bonchev–Trinajstić information content (AvgIpc) is 2.21. The van der Waals surface area contributed by atoms with Crippen LogP contribution in [-0.2, 0) is 8.85 Å². The van der Waals surface area contributed by atoms with Gasteiger partial charge >= 0.3 is 8.56 Å². The second-order valence-electron chi connectivity index (χ2n) is 6.39. The maximum atomic E-state index is 6.06. The Morgan fingerprint density at radius 2 is 1.76 bits per heavy atom. The monoisotopic (exact) mass is 277 g/mol. The molecular formula is C12H31NO2Si2. The molecule has 0 spiro atoms. The van der Waals surface area contributed by atoms with Crippen molar-refractivity contribution in [2.45, 2.75) is 52.0 Å². The standard InChI is InChI=1S/C12H31NO2Si2/c1-12(2,3)13(4)9-10-17(8,14-5)15-11-16(6)7/h16H,9-11H2,1-8H3. The van der Waals surface area contributed by atoms with Gasteiger partial charge in [-0.1, -0.05) is 13.1 Å². The lowest BCUT2D eigenvalue weighted by molar-refractivity contribution is 0.171. The molecule has 0 aliphatic heterocycles. The van der Waals surface area contributed by atoms with Gasteiger partial charge in [0.05, 0.1) is 8.80 Å². The van der Waals surface area contributed by atoms with E-state index in [2.05, 4.69) is 52.4 Å². The molecule has 5 heteroatoms. The summed E-state index contributed by atoms with van der Waals surface area (Å²) in [4.78, 5) is 2.37. The highest BCUT2D eigenvalue weighted by atomic mass is 28.4. The molecule has 17 heavy (non-hydrogen) atoms. The zero-order valence-electron chi connectivity index (χ0n) is 13.0. The molecule has 0 aliphatic carbocycles. The van der Waals surface area contributed by atoms with Gasteiger partial charge in [-0.3, -0.25) is 0 Å². The predicted octanol–water partition coefficient (Wildman–Crippen LogP) is 2.48. The molecule has 3 nitrogen and oxygen atoms in total. The summed E-state index contributed by atoms with van der Waals surface area (Å²) in [6, 6.07) is 1.04. The average molecular weight is 278 g/mol. The van der Waals surface area contributed by atoms with E-state index in [0.717, 1.165) is 18.8 Å². The van der Waals surface area contributed by atoms with E-state index in [4.69, 9.17) is 8.85 Å². The minimum absolute atomic E-state index is 0.218. The molecule has 1 atom stereocenters. The summed E-state index contributed by atoms with van der Waals surface area (Å²) >= 11 is 0. The highest BCUT2D eigenvalue weighted by molar-refractivity contribution is 6.67. The van der Waals surface area contributed by atoms with E-state index in [-0.39, 0.29) is 5.54 Å². The first kappa shape index (κ1) is 17.3. The molecule has 0 radical (unpaired) electrons. The van der Waals surface area contributed by atoms with Gasteiger partial charge in [-0.2, -0.15) is 0 Å². The maximum Gasteiger partial charge on any atom is 0.335 e. The Morgan fingerprint density at radius 3 is 2.12 bits per heavy atom. The first-order chi connectivity index (χ1) is 7.60. The Kier molecular flexibility index (Phi) is 7.17. The van der Waals surface area contributed by atoms with Crippen LogP contribution in [0.25, 0.3) is 0 Å². The Bertz CT molecular complexity index is 219. The van der Waals surface area contributed by atoms with E-state index in [1.807, 2.05) is 0 Å². The highest BCUT2D eigenvalue weighted by Gasteiger charge is 2.31. The van der Waals surface area contributed by atoms with Crippen molar-refractivity contribution < 1.29 is 8.85 Å². The lowest BCUT2D eigenvalue weighted by Crippen LogP contribution is -2.46. The summed E-state index contributed by atoms with van der Waals surface area (Å²) in [6.07, 6.45) is 0.940. The van der Waals surface area contributed by atoms with Gasteiger partial charge in [-0.25, -0.2) is 0 Å². The molecule has 1 unspecified atom stereocenters. The van der Waals surface area contributed by atoms with Crippen LogP contribution < -0.4 is 0 Å². The van der Waals surface area contributed by atoms with Crippen molar-refractivity contribution in [2.75, 3.05) is 26.9 Å². The predicted molar refractivity (Wildman–Crippen MR) is 80.6 cm³/mol. The van der Waals surface area contributed by atoms with Crippen molar-refractivity contribution in [3.8, 4) is 0 Å². The number of nitrogens with zero attached hydrogens (tertiary/aromatic N) is 1. The number of rotatable bonds is 7. The van der Waals surface area contributed by atoms with E-state index in [1.165, 1.54) is 0 Å². The summed E-state index contributed by atoms with van der Waals surface area (Å²) in [6.45, 7) is 14.6. The van der Waals surface area contributed by atoms with Crippen LogP contribution in [0.2, 0.25) is 25.7 Å². The topological polar surface area (TPSA) is 21.7 Å². The van der Waals surface area contributed by atoms with Gasteiger partial charge in [0.25, 0.3) is 0 Å². The van der Waals surface area contributed by atoms with Crippen molar-refractivity contribution in [1.82, 2.24) is 4.90 Å². The third-order valence-corrected chi connectivity index (χ3v) is 7.14. The molecule has 0 bridgehead atoms. The summed E-state index contributed by atoms with van der Waals surface area (Å²) < 4.78 is 11.7. The molecule has 0 aromatic rings. The molecule has 0 aliphatic rings. The molecule has 0 aromatic heterocycles. The minimum Gasteiger partial charge on any atom is -0.398 e. The Balaban J connectivity index is 4.20. The smallest absolute Gasteiger partial charge is 0.335 e. The van der Waals surface area contributed by atoms with Gasteiger partial charge in [0, 0.05) is 31.5 Å². The Hall–Kier alpha value is 0.314. The quantitative estimate of drug-likeness (QED) is 0.667. The molecule has 0 aromatic carbocycles. The van der Waals surface area contributed by atoms with E-state index in [1.54, 1.807) is 7.11 Å². The van der Waals surface area contributed by atoms with Crippen molar-refractivity contribution >= 4 is 17.4 Å². The van der Waals surface area contributed by atoms with E-state index < -0.39 is 17.4 Å². The summed E-state index contributed by atoms with van der Waals surface area (Å²) in [7, 11) is 1.38. The van der Waals surface area contributed by atoms with E-state index in [9.17, 15) is 0 Å². The van der Waals surface area contributed by atoms with Crippen LogP contribution in [0, 0.1) is 0 Å². The molecule has 104 valence electrons. The second-order valence-corrected chi connectivity index (χ2v) is 13.0. The first-order valence-corrected chi connectivity index (χ1v) is 12.2. The van der Waals surface area contributed by atoms with Gasteiger partial charge in [-0.15, -0.1) is 0 Å². The summed E-state index contributed by atoms with van der Waals surface area (Å²) in [5, 5.41) is 0. The van der Waals surface area contributed by atoms with Crippen molar-refractivity contribution in [3.05, 3.63) is 0 Å². The molecule has 0 rings (SSSR count). The van der Waals surface area contributed by atoms with Crippen LogP contribution in [0.3, 0.4) is 0 Å². The van der Waals surface area contributed by atoms with Crippen molar-refractivity contribution in [2.24, 2.45) is 0 Å². The van der Waals surface area contributed by atoms with Crippen molar-refractivity contribution in [3.63, 3.8) is 0 Å². The molecule has 0 saturated carbocycles. The molecule has 0 saturated heterocycles. The zero-order chi connectivity index (χ0) is 13.7. The maximum absolute atomic E-state index is 6.06. The van der Waals surface area contributed by atoms with E-state index >= 15 is 0 Å². The lowest BCUT2D eigenvalue weighted by atomic mass is 10.1. The minimum atomic E-state index is -1.93. The lowest BCUT2D eigenvalue weighted by Gasteiger charge is -2.34. The highest BCUT2D eigenvalue weighted by Crippen LogP contribution is 2.17. The third-order valence-electron chi connectivity index (χ3n) is 3.20. The number of hydrogen-bond donors (Lipinski definition) is 0. The van der Waals surface area contributed by atoms with Gasteiger partial charge in [-0.05, 0) is 34.4 Å². The van der Waals surface area contributed by atoms with E-state index in [0.29, 0.717) is 0 Å². The van der Waals surface area contributed by atoms with Crippen LogP contribution in [0.15, 0.2) is 0 Å². The fourth-order valence-electron chi connectivity index (χ4n) is 1.28. The Morgan fingerprint density at radius 1 is 1.24 bits per heavy atom. The van der Waals surface area contributed by atoms with Gasteiger partial charge < -0.3 is 13.8 Å². The van der Waals surface area contributed by atoms with Gasteiger partial charge in [0.2, 0.25) is 0 Å². The molecule has 0 amide bonds. The van der Waals surface area contributed by atoms with Crippen LogP contribution in [0.5, 0.6) is 0 Å². The Labute approximate surface area is 110 Å². The van der Waals surface area contributed by atoms with Crippen molar-refractivity contribution in [1.29, 1.82) is 0 Å². The second kappa shape index (κ2) is 7.04. The summed E-state index contributed by atoms with van der Waals surface area (Å²) in [5.74, 6) is 0. The fraction of sp³-hybridized carbons (Fsp3) is 1.00. The third kappa shape index (κ3) is 7.36. The zero-order valence-corrected chi connectivity index (χ0v) is 15.1. The SMILES string of the molecule is CO[Si](C)(CCN(C)C(C)(C)C)OC[SiH](C)C. The molecule has 0 fully saturated rings. The molecular weight excluding hydrogens is 246 g/mol. The van der Waals surface area contributed by atoms with Gasteiger partial charge in [0.1, 0.15) is 0 Å². The van der Waals surface area contributed by atoms with Gasteiger partial charge in [0.15, 0.2) is 0 Å². The van der Waals surface area contributed by atoms with Crippen LogP contribution in [-0.4, -0.2) is 54.7 Å². The largest absolute Gasteiger partial charge is 0.398 e.